The third-order valence-corrected chi connectivity index (χ3v) is 2.15. The first-order valence-corrected chi connectivity index (χ1v) is 6.23. The molecule has 0 saturated carbocycles. The molecule has 0 rings (SSSR count). The summed E-state index contributed by atoms with van der Waals surface area (Å²) in [6.07, 6.45) is 1.78. The van der Waals surface area contributed by atoms with Gasteiger partial charge in [-0.05, 0) is 13.3 Å². The Bertz CT molecular complexity index is 279. The van der Waals surface area contributed by atoms with Crippen LogP contribution >= 0.6 is 0 Å². The van der Waals surface area contributed by atoms with Crippen LogP contribution in [0.3, 0.4) is 0 Å². The number of nitrogens with one attached hydrogen (secondary N) is 2. The number of unbranched alkanes of at least 4 members (excludes halogenated alkanes) is 1. The summed E-state index contributed by atoms with van der Waals surface area (Å²) >= 11 is 0. The number of rotatable bonds is 9. The highest BCUT2D eigenvalue weighted by Crippen LogP contribution is 1.90. The summed E-state index contributed by atoms with van der Waals surface area (Å²) in [4.78, 5) is 32.9. The zero-order chi connectivity index (χ0) is 13.8. The van der Waals surface area contributed by atoms with E-state index >= 15 is 0 Å². The zero-order valence-corrected chi connectivity index (χ0v) is 11.1. The van der Waals surface area contributed by atoms with Crippen LogP contribution in [0.1, 0.15) is 39.5 Å². The van der Waals surface area contributed by atoms with Gasteiger partial charge in [-0.1, -0.05) is 13.3 Å². The van der Waals surface area contributed by atoms with E-state index in [0.717, 1.165) is 12.8 Å². The van der Waals surface area contributed by atoms with Gasteiger partial charge in [0, 0.05) is 25.9 Å². The van der Waals surface area contributed by atoms with E-state index in [2.05, 4.69) is 10.6 Å². The van der Waals surface area contributed by atoms with E-state index in [1.165, 1.54) is 6.92 Å². The molecular formula is C12H22N2O4. The zero-order valence-electron chi connectivity index (χ0n) is 11.1. The number of hydrogen-bond acceptors (Lipinski definition) is 4. The standard InChI is InChI=1S/C12H22N2O4/c1-3-4-9-18-12(17)14-8-7-13-11(16)6-5-10(2)15/h3-9H2,1-2H3,(H,13,16)(H,14,17). The molecular weight excluding hydrogens is 236 g/mol. The van der Waals surface area contributed by atoms with Crippen LogP contribution in [0.2, 0.25) is 0 Å². The van der Waals surface area contributed by atoms with Crippen molar-refractivity contribution in [3.63, 3.8) is 0 Å². The van der Waals surface area contributed by atoms with Gasteiger partial charge in [0.2, 0.25) is 5.91 Å². The van der Waals surface area contributed by atoms with Crippen molar-refractivity contribution in [1.29, 1.82) is 0 Å². The molecule has 0 fully saturated rings. The van der Waals surface area contributed by atoms with Crippen molar-refractivity contribution >= 4 is 17.8 Å². The summed E-state index contributed by atoms with van der Waals surface area (Å²) in [7, 11) is 0. The van der Waals surface area contributed by atoms with Crippen molar-refractivity contribution in [2.45, 2.75) is 39.5 Å². The van der Waals surface area contributed by atoms with Gasteiger partial charge < -0.3 is 20.2 Å². The number of ketones is 1. The van der Waals surface area contributed by atoms with E-state index in [1.54, 1.807) is 0 Å². The number of Topliss-reactive ketones (excluding diaryl/α,β-unsaturated/α-hetero) is 1. The van der Waals surface area contributed by atoms with Crippen LogP contribution in [0, 0.1) is 0 Å². The molecule has 0 radical (unpaired) electrons. The Balaban J connectivity index is 3.40. The minimum absolute atomic E-state index is 0.0113. The van der Waals surface area contributed by atoms with E-state index in [4.69, 9.17) is 4.74 Å². The SMILES string of the molecule is CCCCOC(=O)NCCNC(=O)CCC(C)=O. The Hall–Kier alpha value is -1.59. The minimum Gasteiger partial charge on any atom is -0.450 e. The molecule has 6 heteroatoms. The second-order valence-electron chi connectivity index (χ2n) is 3.97. The highest BCUT2D eigenvalue weighted by Gasteiger charge is 2.03. The first-order valence-electron chi connectivity index (χ1n) is 6.23. The molecule has 0 aliphatic heterocycles. The van der Waals surface area contributed by atoms with Crippen molar-refractivity contribution < 1.29 is 19.1 Å². The van der Waals surface area contributed by atoms with Crippen molar-refractivity contribution in [2.24, 2.45) is 0 Å². The van der Waals surface area contributed by atoms with Gasteiger partial charge in [0.05, 0.1) is 6.61 Å². The molecule has 6 nitrogen and oxygen atoms in total. The molecule has 0 aromatic carbocycles. The average Bonchev–Trinajstić information content (AvgIpc) is 2.32. The van der Waals surface area contributed by atoms with Gasteiger partial charge >= 0.3 is 6.09 Å². The maximum atomic E-state index is 11.2. The molecule has 0 aliphatic carbocycles. The number of hydrogen-bond donors (Lipinski definition) is 2. The molecule has 0 aliphatic rings. The fourth-order valence-corrected chi connectivity index (χ4v) is 1.10. The van der Waals surface area contributed by atoms with Crippen LogP contribution in [0.5, 0.6) is 0 Å². The smallest absolute Gasteiger partial charge is 0.407 e. The number of alkyl carbamates (subject to hydrolysis) is 1. The van der Waals surface area contributed by atoms with Crippen LogP contribution in [0.4, 0.5) is 4.79 Å². The van der Waals surface area contributed by atoms with Gasteiger partial charge in [-0.15, -0.1) is 0 Å². The van der Waals surface area contributed by atoms with Crippen LogP contribution in [0.15, 0.2) is 0 Å². The molecule has 0 heterocycles. The fraction of sp³-hybridized carbons (Fsp3) is 0.750. The van der Waals surface area contributed by atoms with E-state index in [1.807, 2.05) is 6.92 Å². The van der Waals surface area contributed by atoms with Gasteiger partial charge in [-0.3, -0.25) is 4.79 Å². The molecule has 2 N–H and O–H groups in total. The highest BCUT2D eigenvalue weighted by atomic mass is 16.5. The largest absolute Gasteiger partial charge is 0.450 e. The lowest BCUT2D eigenvalue weighted by Crippen LogP contribution is -2.35. The Morgan fingerprint density at radius 2 is 1.72 bits per heavy atom. The number of ether oxygens (including phenoxy) is 1. The molecule has 0 bridgehead atoms. The summed E-state index contributed by atoms with van der Waals surface area (Å²) in [5.74, 6) is -0.200. The third kappa shape index (κ3) is 10.9. The molecule has 0 aromatic rings. The normalized spacial score (nSPS) is 9.67. The second-order valence-corrected chi connectivity index (χ2v) is 3.97. The van der Waals surface area contributed by atoms with Crippen molar-refractivity contribution in [3.05, 3.63) is 0 Å². The third-order valence-electron chi connectivity index (χ3n) is 2.15. The Morgan fingerprint density at radius 1 is 1.06 bits per heavy atom. The predicted octanol–water partition coefficient (Wildman–Crippen LogP) is 0.998. The average molecular weight is 258 g/mol. The minimum atomic E-state index is -0.471. The predicted molar refractivity (Wildman–Crippen MR) is 67.2 cm³/mol. The molecule has 2 amide bonds. The Labute approximate surface area is 107 Å². The first kappa shape index (κ1) is 16.4. The lowest BCUT2D eigenvalue weighted by atomic mass is 10.2. The van der Waals surface area contributed by atoms with Gasteiger partial charge in [0.1, 0.15) is 5.78 Å². The molecule has 0 atom stereocenters. The molecule has 0 spiro atoms. The van der Waals surface area contributed by atoms with Crippen LogP contribution in [-0.2, 0) is 14.3 Å². The molecule has 18 heavy (non-hydrogen) atoms. The fourth-order valence-electron chi connectivity index (χ4n) is 1.10. The van der Waals surface area contributed by atoms with Gasteiger partial charge in [0.25, 0.3) is 0 Å². The summed E-state index contributed by atoms with van der Waals surface area (Å²) in [6.45, 7) is 4.52. The molecule has 104 valence electrons. The maximum Gasteiger partial charge on any atom is 0.407 e. The molecule has 0 saturated heterocycles. The van der Waals surface area contributed by atoms with Crippen LogP contribution < -0.4 is 10.6 Å². The van der Waals surface area contributed by atoms with Gasteiger partial charge in [-0.25, -0.2) is 4.79 Å². The van der Waals surface area contributed by atoms with Crippen molar-refractivity contribution in [1.82, 2.24) is 10.6 Å². The topological polar surface area (TPSA) is 84.5 Å². The summed E-state index contributed by atoms with van der Waals surface area (Å²) in [6, 6.07) is 0. The first-order chi connectivity index (χ1) is 8.56. The van der Waals surface area contributed by atoms with E-state index in [-0.39, 0.29) is 24.5 Å². The maximum absolute atomic E-state index is 11.2. The van der Waals surface area contributed by atoms with Gasteiger partial charge in [0.15, 0.2) is 0 Å². The summed E-state index contributed by atoms with van der Waals surface area (Å²) in [5.41, 5.74) is 0. The quantitative estimate of drug-likeness (QED) is 0.604. The summed E-state index contributed by atoms with van der Waals surface area (Å²) < 4.78 is 4.86. The highest BCUT2D eigenvalue weighted by molar-refractivity contribution is 5.83. The van der Waals surface area contributed by atoms with Crippen molar-refractivity contribution in [3.8, 4) is 0 Å². The summed E-state index contributed by atoms with van der Waals surface area (Å²) in [5, 5.41) is 5.12. The Morgan fingerprint density at radius 3 is 2.33 bits per heavy atom. The van der Waals surface area contributed by atoms with E-state index in [9.17, 15) is 14.4 Å². The van der Waals surface area contributed by atoms with Crippen LogP contribution in [-0.4, -0.2) is 37.5 Å². The van der Waals surface area contributed by atoms with Gasteiger partial charge in [-0.2, -0.15) is 0 Å². The lowest BCUT2D eigenvalue weighted by molar-refractivity contribution is -0.124. The van der Waals surface area contributed by atoms with Crippen molar-refractivity contribution in [2.75, 3.05) is 19.7 Å². The number of carbonyl (C=O) groups excluding carboxylic acids is 3. The van der Waals surface area contributed by atoms with Crippen LogP contribution in [0.25, 0.3) is 0 Å². The number of carbonyl (C=O) groups is 3. The van der Waals surface area contributed by atoms with E-state index < -0.39 is 6.09 Å². The molecule has 0 aromatic heterocycles. The molecule has 0 unspecified atom stereocenters. The number of amides is 2. The second kappa shape index (κ2) is 10.6. The monoisotopic (exact) mass is 258 g/mol. The lowest BCUT2D eigenvalue weighted by Gasteiger charge is -2.07. The Kier molecular flexibility index (Phi) is 9.62. The van der Waals surface area contributed by atoms with E-state index in [0.29, 0.717) is 19.7 Å².